The molecule has 0 atom stereocenters. The molecule has 0 amide bonds. The van der Waals surface area contributed by atoms with Gasteiger partial charge in [-0.3, -0.25) is 4.90 Å². The molecule has 2 rings (SSSR count). The summed E-state index contributed by atoms with van der Waals surface area (Å²) in [5, 5.41) is 12.1. The van der Waals surface area contributed by atoms with Crippen LogP contribution in [-0.4, -0.2) is 34.7 Å². The molecule has 0 unspecified atom stereocenters. The molecule has 0 aliphatic heterocycles. The fourth-order valence-corrected chi connectivity index (χ4v) is 2.63. The zero-order valence-electron chi connectivity index (χ0n) is 10.5. The molecule has 0 spiro atoms. The standard InChI is InChI=1S/C14H18N2OS/c1-2-16(8-9-17)10-13-11-18-14(15-13)12-6-4-3-5-7-12/h3-7,11,17H,2,8-10H2,1H3. The van der Waals surface area contributed by atoms with E-state index in [9.17, 15) is 0 Å². The Labute approximate surface area is 112 Å². The molecule has 1 aromatic heterocycles. The van der Waals surface area contributed by atoms with Crippen molar-refractivity contribution < 1.29 is 5.11 Å². The van der Waals surface area contributed by atoms with Crippen molar-refractivity contribution in [2.24, 2.45) is 0 Å². The van der Waals surface area contributed by atoms with Crippen LogP contribution in [0.1, 0.15) is 12.6 Å². The third-order valence-corrected chi connectivity index (χ3v) is 3.76. The molecule has 0 saturated heterocycles. The molecule has 0 bridgehead atoms. The first kappa shape index (κ1) is 13.2. The molecule has 1 N–H and O–H groups in total. The summed E-state index contributed by atoms with van der Waals surface area (Å²) in [6.45, 7) is 4.73. The average Bonchev–Trinajstić information content (AvgIpc) is 2.88. The molecule has 1 heterocycles. The Bertz CT molecular complexity index is 470. The SMILES string of the molecule is CCN(CCO)Cc1csc(-c2ccccc2)n1. The molecular formula is C14H18N2OS. The lowest BCUT2D eigenvalue weighted by Crippen LogP contribution is -2.26. The van der Waals surface area contributed by atoms with Gasteiger partial charge >= 0.3 is 0 Å². The minimum Gasteiger partial charge on any atom is -0.395 e. The van der Waals surface area contributed by atoms with Gasteiger partial charge in [0, 0.05) is 24.0 Å². The van der Waals surface area contributed by atoms with Crippen molar-refractivity contribution in [1.29, 1.82) is 0 Å². The van der Waals surface area contributed by atoms with E-state index in [1.165, 1.54) is 5.56 Å². The highest BCUT2D eigenvalue weighted by Crippen LogP contribution is 2.23. The number of aromatic nitrogens is 1. The summed E-state index contributed by atoms with van der Waals surface area (Å²) in [5.74, 6) is 0. The quantitative estimate of drug-likeness (QED) is 0.869. The summed E-state index contributed by atoms with van der Waals surface area (Å²) in [5.41, 5.74) is 2.24. The van der Waals surface area contributed by atoms with E-state index in [1.54, 1.807) is 11.3 Å². The van der Waals surface area contributed by atoms with Crippen LogP contribution in [0.15, 0.2) is 35.7 Å². The van der Waals surface area contributed by atoms with E-state index in [1.807, 2.05) is 18.2 Å². The Kier molecular flexibility index (Phi) is 4.87. The van der Waals surface area contributed by atoms with Gasteiger partial charge in [0.1, 0.15) is 5.01 Å². The Balaban J connectivity index is 2.06. The number of likely N-dealkylation sites (N-methyl/N-ethyl adjacent to an activating group) is 1. The Morgan fingerprint density at radius 2 is 2.06 bits per heavy atom. The van der Waals surface area contributed by atoms with Crippen LogP contribution in [-0.2, 0) is 6.54 Å². The summed E-state index contributed by atoms with van der Waals surface area (Å²) in [7, 11) is 0. The van der Waals surface area contributed by atoms with Crippen molar-refractivity contribution in [3.05, 3.63) is 41.4 Å². The number of aliphatic hydroxyl groups excluding tert-OH is 1. The number of nitrogens with zero attached hydrogens (tertiary/aromatic N) is 2. The second kappa shape index (κ2) is 6.64. The zero-order valence-corrected chi connectivity index (χ0v) is 11.4. The lowest BCUT2D eigenvalue weighted by Gasteiger charge is -2.17. The molecule has 0 aliphatic rings. The van der Waals surface area contributed by atoms with Crippen LogP contribution in [0.25, 0.3) is 10.6 Å². The summed E-state index contributed by atoms with van der Waals surface area (Å²) in [6, 6.07) is 10.2. The van der Waals surface area contributed by atoms with Crippen molar-refractivity contribution >= 4 is 11.3 Å². The van der Waals surface area contributed by atoms with Crippen molar-refractivity contribution in [2.75, 3.05) is 19.7 Å². The topological polar surface area (TPSA) is 36.4 Å². The van der Waals surface area contributed by atoms with Gasteiger partial charge in [0.2, 0.25) is 0 Å². The molecule has 4 heteroatoms. The Morgan fingerprint density at radius 1 is 1.28 bits per heavy atom. The minimum atomic E-state index is 0.198. The highest BCUT2D eigenvalue weighted by atomic mass is 32.1. The second-order valence-electron chi connectivity index (χ2n) is 4.10. The number of benzene rings is 1. The average molecular weight is 262 g/mol. The van der Waals surface area contributed by atoms with Crippen LogP contribution >= 0.6 is 11.3 Å². The van der Waals surface area contributed by atoms with Crippen LogP contribution in [0.4, 0.5) is 0 Å². The molecule has 0 fully saturated rings. The Hall–Kier alpha value is -1.23. The Morgan fingerprint density at radius 3 is 2.72 bits per heavy atom. The fraction of sp³-hybridized carbons (Fsp3) is 0.357. The molecule has 3 nitrogen and oxygen atoms in total. The van der Waals surface area contributed by atoms with Crippen molar-refractivity contribution in [2.45, 2.75) is 13.5 Å². The maximum absolute atomic E-state index is 8.97. The van der Waals surface area contributed by atoms with Crippen LogP contribution in [0.2, 0.25) is 0 Å². The number of thiazole rings is 1. The van der Waals surface area contributed by atoms with Crippen molar-refractivity contribution in [1.82, 2.24) is 9.88 Å². The molecule has 18 heavy (non-hydrogen) atoms. The lowest BCUT2D eigenvalue weighted by molar-refractivity contribution is 0.195. The third kappa shape index (κ3) is 3.38. The molecule has 2 aromatic rings. The molecular weight excluding hydrogens is 244 g/mol. The van der Waals surface area contributed by atoms with Gasteiger partial charge in [-0.25, -0.2) is 4.98 Å². The molecule has 0 radical (unpaired) electrons. The first-order valence-electron chi connectivity index (χ1n) is 6.16. The number of aliphatic hydroxyl groups is 1. The normalized spacial score (nSPS) is 11.1. The van der Waals surface area contributed by atoms with E-state index in [2.05, 4.69) is 34.3 Å². The van der Waals surface area contributed by atoms with E-state index in [4.69, 9.17) is 5.11 Å². The highest BCUT2D eigenvalue weighted by Gasteiger charge is 2.08. The highest BCUT2D eigenvalue weighted by molar-refractivity contribution is 7.13. The molecule has 96 valence electrons. The monoisotopic (exact) mass is 262 g/mol. The van der Waals surface area contributed by atoms with Crippen LogP contribution < -0.4 is 0 Å². The largest absolute Gasteiger partial charge is 0.395 e. The lowest BCUT2D eigenvalue weighted by atomic mass is 10.2. The third-order valence-electron chi connectivity index (χ3n) is 2.82. The summed E-state index contributed by atoms with van der Waals surface area (Å²) in [6.07, 6.45) is 0. The predicted octanol–water partition coefficient (Wildman–Crippen LogP) is 2.62. The fourth-order valence-electron chi connectivity index (χ4n) is 1.81. The van der Waals surface area contributed by atoms with Gasteiger partial charge in [0.25, 0.3) is 0 Å². The smallest absolute Gasteiger partial charge is 0.123 e. The van der Waals surface area contributed by atoms with E-state index < -0.39 is 0 Å². The molecule has 1 aromatic carbocycles. The second-order valence-corrected chi connectivity index (χ2v) is 4.96. The van der Waals surface area contributed by atoms with Gasteiger partial charge in [-0.05, 0) is 6.54 Å². The number of hydrogen-bond acceptors (Lipinski definition) is 4. The maximum atomic E-state index is 8.97. The van der Waals surface area contributed by atoms with Gasteiger partial charge in [-0.15, -0.1) is 11.3 Å². The van der Waals surface area contributed by atoms with E-state index in [-0.39, 0.29) is 6.61 Å². The minimum absolute atomic E-state index is 0.198. The number of rotatable bonds is 6. The van der Waals surface area contributed by atoms with Crippen LogP contribution in [0.5, 0.6) is 0 Å². The van der Waals surface area contributed by atoms with Gasteiger partial charge < -0.3 is 5.11 Å². The molecule has 0 saturated carbocycles. The van der Waals surface area contributed by atoms with Gasteiger partial charge in [-0.2, -0.15) is 0 Å². The van der Waals surface area contributed by atoms with Crippen LogP contribution in [0.3, 0.4) is 0 Å². The van der Waals surface area contributed by atoms with Crippen molar-refractivity contribution in [3.63, 3.8) is 0 Å². The van der Waals surface area contributed by atoms with Gasteiger partial charge in [0.05, 0.1) is 12.3 Å². The molecule has 0 aliphatic carbocycles. The van der Waals surface area contributed by atoms with E-state index in [0.29, 0.717) is 6.54 Å². The van der Waals surface area contributed by atoms with Crippen LogP contribution in [0, 0.1) is 0 Å². The summed E-state index contributed by atoms with van der Waals surface area (Å²) in [4.78, 5) is 6.83. The van der Waals surface area contributed by atoms with E-state index >= 15 is 0 Å². The van der Waals surface area contributed by atoms with E-state index in [0.717, 1.165) is 23.8 Å². The maximum Gasteiger partial charge on any atom is 0.123 e. The van der Waals surface area contributed by atoms with Gasteiger partial charge in [-0.1, -0.05) is 37.3 Å². The van der Waals surface area contributed by atoms with Crippen molar-refractivity contribution in [3.8, 4) is 10.6 Å². The first-order chi connectivity index (χ1) is 8.83. The predicted molar refractivity (Wildman–Crippen MR) is 75.6 cm³/mol. The summed E-state index contributed by atoms with van der Waals surface area (Å²) >= 11 is 1.67. The zero-order chi connectivity index (χ0) is 12.8. The summed E-state index contributed by atoms with van der Waals surface area (Å²) < 4.78 is 0. The van der Waals surface area contributed by atoms with Gasteiger partial charge in [0.15, 0.2) is 0 Å². The first-order valence-corrected chi connectivity index (χ1v) is 7.04. The number of hydrogen-bond donors (Lipinski definition) is 1.